The number of imidazole rings is 1. The molecule has 0 spiro atoms. The van der Waals surface area contributed by atoms with Crippen molar-refractivity contribution in [2.24, 2.45) is 0 Å². The van der Waals surface area contributed by atoms with E-state index in [4.69, 9.17) is 23.2 Å². The lowest BCUT2D eigenvalue weighted by atomic mass is 10.1. The number of aromatic nitrogens is 2. The van der Waals surface area contributed by atoms with Crippen LogP contribution in [0.1, 0.15) is 19.8 Å². The number of halogens is 2. The molecule has 0 bridgehead atoms. The van der Waals surface area contributed by atoms with Crippen LogP contribution in [0.25, 0.3) is 22.6 Å². The van der Waals surface area contributed by atoms with E-state index in [0.29, 0.717) is 0 Å². The highest BCUT2D eigenvalue weighted by atomic mass is 35.5. The van der Waals surface area contributed by atoms with E-state index >= 15 is 0 Å². The Morgan fingerprint density at radius 1 is 0.870 bits per heavy atom. The van der Waals surface area contributed by atoms with E-state index < -0.39 is 0 Å². The molecule has 23 heavy (non-hydrogen) atoms. The molecule has 0 saturated heterocycles. The molecule has 4 heteroatoms. The summed E-state index contributed by atoms with van der Waals surface area (Å²) in [6.45, 7) is 3.13. The molecule has 3 rings (SSSR count). The zero-order chi connectivity index (χ0) is 16.2. The summed E-state index contributed by atoms with van der Waals surface area (Å²) in [5, 5.41) is 1.48. The SMILES string of the molecule is CCCCn1c(-c2ccc(Cl)cc2)cnc1-c1ccc(Cl)cc1. The molecule has 0 aliphatic carbocycles. The molecule has 118 valence electrons. The predicted octanol–water partition coefficient (Wildman–Crippen LogP) is 6.32. The van der Waals surface area contributed by atoms with Gasteiger partial charge in [-0.25, -0.2) is 4.98 Å². The van der Waals surface area contributed by atoms with E-state index in [-0.39, 0.29) is 0 Å². The van der Waals surface area contributed by atoms with Gasteiger partial charge in [-0.1, -0.05) is 48.7 Å². The minimum absolute atomic E-state index is 0.735. The van der Waals surface area contributed by atoms with Crippen molar-refractivity contribution in [3.63, 3.8) is 0 Å². The van der Waals surface area contributed by atoms with Crippen LogP contribution < -0.4 is 0 Å². The Balaban J connectivity index is 2.06. The Bertz CT molecular complexity index is 711. The second kappa shape index (κ2) is 7.20. The average molecular weight is 345 g/mol. The summed E-state index contributed by atoms with van der Waals surface area (Å²) in [5.74, 6) is 0.972. The van der Waals surface area contributed by atoms with Crippen molar-refractivity contribution in [3.8, 4) is 22.6 Å². The highest BCUT2D eigenvalue weighted by Crippen LogP contribution is 2.28. The van der Waals surface area contributed by atoms with Gasteiger partial charge in [0, 0.05) is 22.2 Å². The third-order valence-electron chi connectivity index (χ3n) is 3.83. The van der Waals surface area contributed by atoms with E-state index in [1.807, 2.05) is 54.7 Å². The van der Waals surface area contributed by atoms with Crippen LogP contribution in [0.4, 0.5) is 0 Å². The molecule has 1 aromatic heterocycles. The van der Waals surface area contributed by atoms with Crippen molar-refractivity contribution in [2.45, 2.75) is 26.3 Å². The molecular formula is C19H18Cl2N2. The summed E-state index contributed by atoms with van der Waals surface area (Å²) in [6, 6.07) is 15.7. The molecule has 0 aliphatic heterocycles. The Labute approximate surface area is 146 Å². The molecule has 0 atom stereocenters. The van der Waals surface area contributed by atoms with Gasteiger partial charge in [-0.3, -0.25) is 0 Å². The van der Waals surface area contributed by atoms with Gasteiger partial charge in [0.05, 0.1) is 11.9 Å². The van der Waals surface area contributed by atoms with E-state index in [9.17, 15) is 0 Å². The van der Waals surface area contributed by atoms with Gasteiger partial charge in [0.25, 0.3) is 0 Å². The fourth-order valence-corrected chi connectivity index (χ4v) is 2.85. The summed E-state index contributed by atoms with van der Waals surface area (Å²) < 4.78 is 2.27. The van der Waals surface area contributed by atoms with E-state index in [0.717, 1.165) is 52.1 Å². The van der Waals surface area contributed by atoms with Crippen LogP contribution in [-0.4, -0.2) is 9.55 Å². The van der Waals surface area contributed by atoms with Crippen LogP contribution in [0.5, 0.6) is 0 Å². The van der Waals surface area contributed by atoms with Crippen LogP contribution in [0.2, 0.25) is 10.0 Å². The quantitative estimate of drug-likeness (QED) is 0.529. The number of hydrogen-bond acceptors (Lipinski definition) is 1. The molecule has 0 saturated carbocycles. The topological polar surface area (TPSA) is 17.8 Å². The van der Waals surface area contributed by atoms with Crippen molar-refractivity contribution in [2.75, 3.05) is 0 Å². The second-order valence-corrected chi connectivity index (χ2v) is 6.36. The van der Waals surface area contributed by atoms with Crippen molar-refractivity contribution >= 4 is 23.2 Å². The third-order valence-corrected chi connectivity index (χ3v) is 4.34. The van der Waals surface area contributed by atoms with Gasteiger partial charge in [-0.05, 0) is 48.4 Å². The summed E-state index contributed by atoms with van der Waals surface area (Å²) >= 11 is 12.0. The van der Waals surface area contributed by atoms with Gasteiger partial charge in [-0.2, -0.15) is 0 Å². The van der Waals surface area contributed by atoms with Gasteiger partial charge >= 0.3 is 0 Å². The Morgan fingerprint density at radius 2 is 1.43 bits per heavy atom. The standard InChI is InChI=1S/C19H18Cl2N2/c1-2-3-12-23-18(14-4-8-16(20)9-5-14)13-22-19(23)15-6-10-17(21)11-7-15/h4-11,13H,2-3,12H2,1H3. The van der Waals surface area contributed by atoms with Crippen LogP contribution in [0, 0.1) is 0 Å². The number of nitrogens with zero attached hydrogens (tertiary/aromatic N) is 2. The maximum absolute atomic E-state index is 6.00. The first kappa shape index (κ1) is 16.1. The maximum atomic E-state index is 6.00. The first-order chi connectivity index (χ1) is 11.2. The minimum atomic E-state index is 0.735. The molecule has 2 nitrogen and oxygen atoms in total. The van der Waals surface area contributed by atoms with E-state index in [1.54, 1.807) is 0 Å². The van der Waals surface area contributed by atoms with Gasteiger partial charge in [0.2, 0.25) is 0 Å². The summed E-state index contributed by atoms with van der Waals surface area (Å²) in [5.41, 5.74) is 3.31. The molecule has 2 aromatic carbocycles. The molecule has 0 aliphatic rings. The molecule has 0 radical (unpaired) electrons. The minimum Gasteiger partial charge on any atom is -0.324 e. The van der Waals surface area contributed by atoms with Crippen LogP contribution in [-0.2, 0) is 6.54 Å². The van der Waals surface area contributed by atoms with Gasteiger partial charge in [0.1, 0.15) is 5.82 Å². The molecule has 0 N–H and O–H groups in total. The van der Waals surface area contributed by atoms with Crippen molar-refractivity contribution in [3.05, 3.63) is 64.8 Å². The lowest BCUT2D eigenvalue weighted by Crippen LogP contribution is -2.02. The summed E-state index contributed by atoms with van der Waals surface area (Å²) in [7, 11) is 0. The fourth-order valence-electron chi connectivity index (χ4n) is 2.60. The van der Waals surface area contributed by atoms with Gasteiger partial charge in [0.15, 0.2) is 0 Å². The van der Waals surface area contributed by atoms with Crippen molar-refractivity contribution in [1.82, 2.24) is 9.55 Å². The zero-order valence-corrected chi connectivity index (χ0v) is 14.5. The van der Waals surface area contributed by atoms with Crippen molar-refractivity contribution in [1.29, 1.82) is 0 Å². The van der Waals surface area contributed by atoms with Crippen LogP contribution in [0.15, 0.2) is 54.7 Å². The first-order valence-electron chi connectivity index (χ1n) is 7.76. The van der Waals surface area contributed by atoms with E-state index in [1.165, 1.54) is 0 Å². The van der Waals surface area contributed by atoms with Gasteiger partial charge in [-0.15, -0.1) is 0 Å². The Morgan fingerprint density at radius 3 is 2.00 bits per heavy atom. The average Bonchev–Trinajstić information content (AvgIpc) is 2.98. The zero-order valence-electron chi connectivity index (χ0n) is 13.0. The lowest BCUT2D eigenvalue weighted by Gasteiger charge is -2.12. The predicted molar refractivity (Wildman–Crippen MR) is 98.0 cm³/mol. The largest absolute Gasteiger partial charge is 0.324 e. The lowest BCUT2D eigenvalue weighted by molar-refractivity contribution is 0.641. The Kier molecular flexibility index (Phi) is 5.04. The Hall–Kier alpha value is -1.77. The highest BCUT2D eigenvalue weighted by Gasteiger charge is 2.13. The number of rotatable bonds is 5. The molecule has 0 amide bonds. The monoisotopic (exact) mass is 344 g/mol. The summed E-state index contributed by atoms with van der Waals surface area (Å²) in [6.07, 6.45) is 4.18. The molecule has 1 heterocycles. The number of benzene rings is 2. The fraction of sp³-hybridized carbons (Fsp3) is 0.211. The highest BCUT2D eigenvalue weighted by molar-refractivity contribution is 6.30. The molecular weight excluding hydrogens is 327 g/mol. The van der Waals surface area contributed by atoms with E-state index in [2.05, 4.69) is 16.5 Å². The molecule has 3 aromatic rings. The van der Waals surface area contributed by atoms with Crippen LogP contribution in [0.3, 0.4) is 0 Å². The maximum Gasteiger partial charge on any atom is 0.140 e. The van der Waals surface area contributed by atoms with Crippen molar-refractivity contribution < 1.29 is 0 Å². The smallest absolute Gasteiger partial charge is 0.140 e. The number of hydrogen-bond donors (Lipinski definition) is 0. The third kappa shape index (κ3) is 3.60. The summed E-state index contributed by atoms with van der Waals surface area (Å²) in [4.78, 5) is 4.65. The normalized spacial score (nSPS) is 10.9. The first-order valence-corrected chi connectivity index (χ1v) is 8.52. The van der Waals surface area contributed by atoms with Crippen LogP contribution >= 0.6 is 23.2 Å². The molecule has 0 unspecified atom stereocenters. The molecule has 0 fully saturated rings. The number of unbranched alkanes of at least 4 members (excludes halogenated alkanes) is 1. The van der Waals surface area contributed by atoms with Gasteiger partial charge < -0.3 is 4.57 Å². The second-order valence-electron chi connectivity index (χ2n) is 5.49.